The fraction of sp³-hybridized carbons (Fsp3) is 0.0833. The number of fused-ring (bicyclic) bond motifs is 1. The second kappa shape index (κ2) is 7.23. The van der Waals surface area contributed by atoms with Gasteiger partial charge in [-0.1, -0.05) is 91.0 Å². The molecule has 0 aromatic heterocycles. The van der Waals surface area contributed by atoms with Gasteiger partial charge in [0.2, 0.25) is 0 Å². The zero-order chi connectivity index (χ0) is 16.9. The van der Waals surface area contributed by atoms with E-state index < -0.39 is 0 Å². The van der Waals surface area contributed by atoms with E-state index in [1.54, 1.807) is 0 Å². The van der Waals surface area contributed by atoms with Crippen molar-refractivity contribution in [2.24, 2.45) is 0 Å². The van der Waals surface area contributed by atoms with Gasteiger partial charge in [-0.05, 0) is 28.3 Å². The zero-order valence-electron chi connectivity index (χ0n) is 14.1. The van der Waals surface area contributed by atoms with Crippen molar-refractivity contribution in [3.63, 3.8) is 0 Å². The molecular formula is C24H20O. The summed E-state index contributed by atoms with van der Waals surface area (Å²) in [5.41, 5.74) is 6.11. The number of hydrogen-bond donors (Lipinski definition) is 0. The summed E-state index contributed by atoms with van der Waals surface area (Å²) in [6.45, 7) is 0.687. The Bertz CT molecular complexity index is 829. The fourth-order valence-electron chi connectivity index (χ4n) is 3.18. The van der Waals surface area contributed by atoms with Crippen LogP contribution in [0.15, 0.2) is 84.9 Å². The highest BCUT2D eigenvalue weighted by molar-refractivity contribution is 5.90. The lowest BCUT2D eigenvalue weighted by molar-refractivity contribution is 0.291. The number of rotatable bonds is 2. The third kappa shape index (κ3) is 3.56. The Labute approximate surface area is 148 Å². The van der Waals surface area contributed by atoms with Gasteiger partial charge in [-0.3, -0.25) is 0 Å². The van der Waals surface area contributed by atoms with Gasteiger partial charge in [-0.15, -0.1) is 0 Å². The van der Waals surface area contributed by atoms with Gasteiger partial charge in [0.25, 0.3) is 0 Å². The van der Waals surface area contributed by atoms with Gasteiger partial charge in [-0.2, -0.15) is 0 Å². The molecule has 0 N–H and O–H groups in total. The molecule has 1 aliphatic heterocycles. The van der Waals surface area contributed by atoms with E-state index in [2.05, 4.69) is 84.9 Å². The second-order valence-corrected chi connectivity index (χ2v) is 6.14. The first kappa shape index (κ1) is 15.5. The summed E-state index contributed by atoms with van der Waals surface area (Å²) in [4.78, 5) is 0. The number of benzene rings is 3. The molecule has 1 aliphatic rings. The van der Waals surface area contributed by atoms with Crippen LogP contribution in [0.1, 0.15) is 28.7 Å². The molecule has 0 saturated carbocycles. The van der Waals surface area contributed by atoms with Crippen molar-refractivity contribution >= 4 is 23.5 Å². The van der Waals surface area contributed by atoms with Crippen LogP contribution in [0.4, 0.5) is 0 Å². The number of ether oxygens (including phenoxy) is 1. The molecule has 1 heteroatoms. The van der Waals surface area contributed by atoms with Crippen LogP contribution >= 0.6 is 0 Å². The molecule has 1 heterocycles. The molecule has 4 rings (SSSR count). The first-order valence-electron chi connectivity index (χ1n) is 8.65. The normalized spacial score (nSPS) is 17.0. The largest absolute Gasteiger partial charge is 0.493 e. The van der Waals surface area contributed by atoms with Crippen LogP contribution in [-0.4, -0.2) is 6.61 Å². The van der Waals surface area contributed by atoms with Crippen LogP contribution in [0.5, 0.6) is 0 Å². The maximum atomic E-state index is 6.12. The van der Waals surface area contributed by atoms with Gasteiger partial charge >= 0.3 is 0 Å². The minimum atomic E-state index is 0.687. The Balaban J connectivity index is 1.79. The van der Waals surface area contributed by atoms with E-state index in [1.165, 1.54) is 16.7 Å². The van der Waals surface area contributed by atoms with Crippen molar-refractivity contribution in [2.75, 3.05) is 6.61 Å². The van der Waals surface area contributed by atoms with Gasteiger partial charge in [0, 0.05) is 12.0 Å². The summed E-state index contributed by atoms with van der Waals surface area (Å²) < 4.78 is 6.12. The van der Waals surface area contributed by atoms with Crippen molar-refractivity contribution in [3.05, 3.63) is 107 Å². The average molecular weight is 324 g/mol. The molecule has 3 aromatic rings. The van der Waals surface area contributed by atoms with Crippen LogP contribution in [0, 0.1) is 0 Å². The Morgan fingerprint density at radius 1 is 0.600 bits per heavy atom. The summed E-state index contributed by atoms with van der Waals surface area (Å²) in [7, 11) is 0. The first-order chi connectivity index (χ1) is 12.4. The van der Waals surface area contributed by atoms with Gasteiger partial charge in [0.05, 0.1) is 6.61 Å². The van der Waals surface area contributed by atoms with Gasteiger partial charge in [0.15, 0.2) is 0 Å². The summed E-state index contributed by atoms with van der Waals surface area (Å²) in [6.07, 6.45) is 5.30. The van der Waals surface area contributed by atoms with Crippen LogP contribution in [-0.2, 0) is 4.74 Å². The zero-order valence-corrected chi connectivity index (χ0v) is 14.1. The molecular weight excluding hydrogens is 304 g/mol. The minimum absolute atomic E-state index is 0.687. The summed E-state index contributed by atoms with van der Waals surface area (Å²) in [5.74, 6) is 0.943. The maximum Gasteiger partial charge on any atom is 0.127 e. The molecule has 1 nitrogen and oxygen atoms in total. The lowest BCUT2D eigenvalue weighted by atomic mass is 9.95. The van der Waals surface area contributed by atoms with E-state index in [0.717, 1.165) is 23.3 Å². The molecule has 0 amide bonds. The minimum Gasteiger partial charge on any atom is -0.493 e. The molecule has 122 valence electrons. The molecule has 0 unspecified atom stereocenters. The summed E-state index contributed by atoms with van der Waals surface area (Å²) in [5, 5.41) is 0. The lowest BCUT2D eigenvalue weighted by Gasteiger charge is -2.10. The highest BCUT2D eigenvalue weighted by Gasteiger charge is 2.17. The lowest BCUT2D eigenvalue weighted by Crippen LogP contribution is -1.91. The molecule has 0 aliphatic carbocycles. The standard InChI is InChI=1S/C24H20O/c1-3-9-19(10-4-1)17-21-15-16-25-24(18-20-11-5-2-6-12-20)23-14-8-7-13-22(21)23/h1-14,17-18H,15-16H2. The van der Waals surface area contributed by atoms with Crippen molar-refractivity contribution < 1.29 is 4.74 Å². The van der Waals surface area contributed by atoms with Crippen LogP contribution in [0.2, 0.25) is 0 Å². The Kier molecular flexibility index (Phi) is 4.47. The van der Waals surface area contributed by atoms with Crippen molar-refractivity contribution in [3.8, 4) is 0 Å². The summed E-state index contributed by atoms with van der Waals surface area (Å²) in [6, 6.07) is 29.3. The third-order valence-corrected chi connectivity index (χ3v) is 4.41. The smallest absolute Gasteiger partial charge is 0.127 e. The van der Waals surface area contributed by atoms with Gasteiger partial charge in [-0.25, -0.2) is 0 Å². The molecule has 3 aromatic carbocycles. The molecule has 0 atom stereocenters. The van der Waals surface area contributed by atoms with E-state index in [4.69, 9.17) is 4.74 Å². The monoisotopic (exact) mass is 324 g/mol. The van der Waals surface area contributed by atoms with Gasteiger partial charge in [0.1, 0.15) is 5.76 Å². The first-order valence-corrected chi connectivity index (χ1v) is 8.65. The highest BCUT2D eigenvalue weighted by atomic mass is 16.5. The predicted molar refractivity (Wildman–Crippen MR) is 106 cm³/mol. The number of hydrogen-bond acceptors (Lipinski definition) is 1. The van der Waals surface area contributed by atoms with E-state index in [0.29, 0.717) is 6.61 Å². The topological polar surface area (TPSA) is 9.23 Å². The van der Waals surface area contributed by atoms with E-state index in [9.17, 15) is 0 Å². The van der Waals surface area contributed by atoms with Crippen LogP contribution in [0.25, 0.3) is 23.5 Å². The summed E-state index contributed by atoms with van der Waals surface area (Å²) >= 11 is 0. The molecule has 0 radical (unpaired) electrons. The molecule has 0 saturated heterocycles. The maximum absolute atomic E-state index is 6.12. The molecule has 0 fully saturated rings. The van der Waals surface area contributed by atoms with Crippen LogP contribution in [0.3, 0.4) is 0 Å². The van der Waals surface area contributed by atoms with Crippen molar-refractivity contribution in [1.82, 2.24) is 0 Å². The second-order valence-electron chi connectivity index (χ2n) is 6.14. The van der Waals surface area contributed by atoms with E-state index >= 15 is 0 Å². The van der Waals surface area contributed by atoms with E-state index in [1.807, 2.05) is 12.1 Å². The fourth-order valence-corrected chi connectivity index (χ4v) is 3.18. The predicted octanol–water partition coefficient (Wildman–Crippen LogP) is 6.15. The highest BCUT2D eigenvalue weighted by Crippen LogP contribution is 2.34. The quantitative estimate of drug-likeness (QED) is 0.549. The van der Waals surface area contributed by atoms with Crippen LogP contribution < -0.4 is 0 Å². The van der Waals surface area contributed by atoms with Crippen molar-refractivity contribution in [1.29, 1.82) is 0 Å². The Hall–Kier alpha value is -3.06. The molecule has 0 bridgehead atoms. The van der Waals surface area contributed by atoms with Crippen molar-refractivity contribution in [2.45, 2.75) is 6.42 Å². The Morgan fingerprint density at radius 2 is 1.16 bits per heavy atom. The third-order valence-electron chi connectivity index (χ3n) is 4.41. The average Bonchev–Trinajstić information content (AvgIpc) is 2.84. The molecule has 25 heavy (non-hydrogen) atoms. The van der Waals surface area contributed by atoms with E-state index in [-0.39, 0.29) is 0 Å². The SMILES string of the molecule is C(=C1CCOC(=Cc2ccccc2)c2ccccc21)c1ccccc1. The molecule has 0 spiro atoms. The van der Waals surface area contributed by atoms with Gasteiger partial charge < -0.3 is 4.74 Å². The Morgan fingerprint density at radius 3 is 1.84 bits per heavy atom.